The van der Waals surface area contributed by atoms with Crippen molar-refractivity contribution in [1.29, 1.82) is 0 Å². The lowest BCUT2D eigenvalue weighted by atomic mass is 10.00. The van der Waals surface area contributed by atoms with Crippen LogP contribution >= 0.6 is 0 Å². The lowest BCUT2D eigenvalue weighted by Crippen LogP contribution is -2.34. The van der Waals surface area contributed by atoms with Gasteiger partial charge >= 0.3 is 6.03 Å². The van der Waals surface area contributed by atoms with Gasteiger partial charge in [0.25, 0.3) is 0 Å². The largest absolute Gasteiger partial charge is 0.383 e. The summed E-state index contributed by atoms with van der Waals surface area (Å²) in [6.07, 6.45) is 3.66. The molecule has 2 aromatic rings. The molecular weight excluding hydrogens is 304 g/mol. The quantitative estimate of drug-likeness (QED) is 0.819. The molecule has 0 aliphatic carbocycles. The van der Waals surface area contributed by atoms with Crippen LogP contribution in [-0.2, 0) is 24.4 Å². The number of amides is 2. The van der Waals surface area contributed by atoms with Gasteiger partial charge in [-0.1, -0.05) is 17.7 Å². The van der Waals surface area contributed by atoms with E-state index >= 15 is 0 Å². The molecule has 24 heavy (non-hydrogen) atoms. The minimum absolute atomic E-state index is 0.181. The third kappa shape index (κ3) is 5.09. The standard InChI is InChI=1S/C18H26N4O2/c1-13-7-14(2)17(15(3)8-13)11-20-18(23)19-9-16-10-21-22(12-16)5-6-24-4/h7-8,10,12H,5-6,9,11H2,1-4H3,(H2,19,20,23). The molecule has 2 rings (SSSR count). The number of nitrogens with one attached hydrogen (secondary N) is 2. The molecule has 0 saturated heterocycles. The minimum Gasteiger partial charge on any atom is -0.383 e. The van der Waals surface area contributed by atoms with Gasteiger partial charge in [0.2, 0.25) is 0 Å². The van der Waals surface area contributed by atoms with Gasteiger partial charge in [0.05, 0.1) is 19.3 Å². The first-order valence-electron chi connectivity index (χ1n) is 8.08. The Bertz CT molecular complexity index is 671. The summed E-state index contributed by atoms with van der Waals surface area (Å²) in [7, 11) is 1.66. The molecule has 6 nitrogen and oxygen atoms in total. The number of hydrogen-bond acceptors (Lipinski definition) is 3. The van der Waals surface area contributed by atoms with Crippen LogP contribution in [0.1, 0.15) is 27.8 Å². The molecule has 0 spiro atoms. The smallest absolute Gasteiger partial charge is 0.315 e. The van der Waals surface area contributed by atoms with Crippen LogP contribution in [0.5, 0.6) is 0 Å². The van der Waals surface area contributed by atoms with Crippen molar-refractivity contribution in [2.24, 2.45) is 0 Å². The highest BCUT2D eigenvalue weighted by Crippen LogP contribution is 2.15. The Hall–Kier alpha value is -2.34. The SMILES string of the molecule is COCCn1cc(CNC(=O)NCc2c(C)cc(C)cc2C)cn1. The van der Waals surface area contributed by atoms with Crippen LogP contribution in [0.2, 0.25) is 0 Å². The predicted molar refractivity (Wildman–Crippen MR) is 93.8 cm³/mol. The lowest BCUT2D eigenvalue weighted by Gasteiger charge is -2.13. The van der Waals surface area contributed by atoms with Crippen LogP contribution in [0.4, 0.5) is 4.79 Å². The summed E-state index contributed by atoms with van der Waals surface area (Å²) in [5.74, 6) is 0. The second kappa shape index (κ2) is 8.49. The molecule has 1 heterocycles. The van der Waals surface area contributed by atoms with Crippen molar-refractivity contribution in [3.05, 3.63) is 52.3 Å². The molecule has 130 valence electrons. The number of methoxy groups -OCH3 is 1. The first kappa shape index (κ1) is 18.0. The first-order valence-corrected chi connectivity index (χ1v) is 8.08. The third-order valence-electron chi connectivity index (χ3n) is 3.93. The monoisotopic (exact) mass is 330 g/mol. The Labute approximate surface area is 143 Å². The number of benzene rings is 1. The Kier molecular flexibility index (Phi) is 6.37. The van der Waals surface area contributed by atoms with E-state index in [9.17, 15) is 4.79 Å². The van der Waals surface area contributed by atoms with Gasteiger partial charge in [-0.05, 0) is 37.5 Å². The van der Waals surface area contributed by atoms with Crippen LogP contribution in [-0.4, -0.2) is 29.5 Å². The van der Waals surface area contributed by atoms with E-state index in [0.717, 1.165) is 5.56 Å². The van der Waals surface area contributed by atoms with Crippen LogP contribution in [0.25, 0.3) is 0 Å². The topological polar surface area (TPSA) is 68.2 Å². The van der Waals surface area contributed by atoms with Crippen molar-refractivity contribution in [2.45, 2.75) is 40.4 Å². The van der Waals surface area contributed by atoms with Gasteiger partial charge in [-0.2, -0.15) is 5.10 Å². The molecule has 1 aromatic carbocycles. The molecule has 1 aromatic heterocycles. The highest BCUT2D eigenvalue weighted by molar-refractivity contribution is 5.73. The van der Waals surface area contributed by atoms with Crippen molar-refractivity contribution in [2.75, 3.05) is 13.7 Å². The predicted octanol–water partition coefficient (Wildman–Crippen LogP) is 2.45. The molecule has 0 saturated carbocycles. The van der Waals surface area contributed by atoms with E-state index in [1.807, 2.05) is 6.20 Å². The molecule has 0 unspecified atom stereocenters. The number of aromatic nitrogens is 2. The number of nitrogens with zero attached hydrogens (tertiary/aromatic N) is 2. The van der Waals surface area contributed by atoms with Gasteiger partial charge in [0, 0.05) is 32.0 Å². The number of carbonyl (C=O) groups excluding carboxylic acids is 1. The molecule has 0 aliphatic heterocycles. The number of hydrogen-bond donors (Lipinski definition) is 2. The number of carbonyl (C=O) groups is 1. The summed E-state index contributed by atoms with van der Waals surface area (Å²) < 4.78 is 6.82. The van der Waals surface area contributed by atoms with Gasteiger partial charge in [-0.3, -0.25) is 4.68 Å². The van der Waals surface area contributed by atoms with Crippen molar-refractivity contribution in [1.82, 2.24) is 20.4 Å². The summed E-state index contributed by atoms with van der Waals surface area (Å²) in [6.45, 7) is 8.52. The average molecular weight is 330 g/mol. The highest BCUT2D eigenvalue weighted by Gasteiger charge is 2.07. The zero-order valence-electron chi connectivity index (χ0n) is 14.8. The third-order valence-corrected chi connectivity index (χ3v) is 3.93. The maximum Gasteiger partial charge on any atom is 0.315 e. The number of ether oxygens (including phenoxy) is 1. The van der Waals surface area contributed by atoms with Gasteiger partial charge in [0.1, 0.15) is 0 Å². The second-order valence-electron chi connectivity index (χ2n) is 6.02. The van der Waals surface area contributed by atoms with E-state index in [4.69, 9.17) is 4.74 Å². The fraction of sp³-hybridized carbons (Fsp3) is 0.444. The van der Waals surface area contributed by atoms with Crippen LogP contribution < -0.4 is 10.6 Å². The first-order chi connectivity index (χ1) is 11.5. The van der Waals surface area contributed by atoms with Crippen LogP contribution in [0.3, 0.4) is 0 Å². The molecular formula is C18H26N4O2. The summed E-state index contributed by atoms with van der Waals surface area (Å²) in [6, 6.07) is 4.09. The van der Waals surface area contributed by atoms with Crippen LogP contribution in [0.15, 0.2) is 24.5 Å². The van der Waals surface area contributed by atoms with Gasteiger partial charge in [-0.25, -0.2) is 4.79 Å². The number of urea groups is 1. The molecule has 2 amide bonds. The molecule has 0 bridgehead atoms. The summed E-state index contributed by atoms with van der Waals surface area (Å²) in [4.78, 5) is 12.0. The number of rotatable bonds is 7. The van der Waals surface area contributed by atoms with Gasteiger partial charge in [-0.15, -0.1) is 0 Å². The summed E-state index contributed by atoms with van der Waals surface area (Å²) in [5.41, 5.74) is 5.77. The minimum atomic E-state index is -0.181. The van der Waals surface area contributed by atoms with Crippen molar-refractivity contribution in [3.8, 4) is 0 Å². The molecule has 0 fully saturated rings. The van der Waals surface area contributed by atoms with E-state index in [1.54, 1.807) is 18.0 Å². The average Bonchev–Trinajstić information content (AvgIpc) is 2.97. The molecule has 0 atom stereocenters. The van der Waals surface area contributed by atoms with Gasteiger partial charge in [0.15, 0.2) is 0 Å². The molecule has 2 N–H and O–H groups in total. The van der Waals surface area contributed by atoms with E-state index < -0.39 is 0 Å². The van der Waals surface area contributed by atoms with E-state index in [0.29, 0.717) is 26.2 Å². The second-order valence-corrected chi connectivity index (χ2v) is 6.02. The zero-order valence-corrected chi connectivity index (χ0v) is 14.8. The molecule has 0 aliphatic rings. The Morgan fingerprint density at radius 3 is 2.50 bits per heavy atom. The van der Waals surface area contributed by atoms with E-state index in [2.05, 4.69) is 48.6 Å². The van der Waals surface area contributed by atoms with E-state index in [1.165, 1.54) is 22.3 Å². The molecule has 6 heteroatoms. The lowest BCUT2D eigenvalue weighted by molar-refractivity contribution is 0.183. The van der Waals surface area contributed by atoms with Crippen molar-refractivity contribution < 1.29 is 9.53 Å². The maximum absolute atomic E-state index is 12.0. The highest BCUT2D eigenvalue weighted by atomic mass is 16.5. The van der Waals surface area contributed by atoms with E-state index in [-0.39, 0.29) is 6.03 Å². The zero-order chi connectivity index (χ0) is 17.5. The Morgan fingerprint density at radius 1 is 1.17 bits per heavy atom. The van der Waals surface area contributed by atoms with Crippen LogP contribution in [0, 0.1) is 20.8 Å². The fourth-order valence-corrected chi connectivity index (χ4v) is 2.71. The Balaban J connectivity index is 1.80. The number of aryl methyl sites for hydroxylation is 3. The van der Waals surface area contributed by atoms with Crippen molar-refractivity contribution >= 4 is 6.03 Å². The maximum atomic E-state index is 12.0. The van der Waals surface area contributed by atoms with Crippen molar-refractivity contribution in [3.63, 3.8) is 0 Å². The summed E-state index contributed by atoms with van der Waals surface area (Å²) >= 11 is 0. The summed E-state index contributed by atoms with van der Waals surface area (Å²) in [5, 5.41) is 9.99. The van der Waals surface area contributed by atoms with Gasteiger partial charge < -0.3 is 15.4 Å². The Morgan fingerprint density at radius 2 is 1.83 bits per heavy atom. The molecule has 0 radical (unpaired) electrons. The normalized spacial score (nSPS) is 10.7. The fourth-order valence-electron chi connectivity index (χ4n) is 2.71.